The highest BCUT2D eigenvalue weighted by atomic mass is 19.4. The zero-order valence-corrected chi connectivity index (χ0v) is 86.9. The number of carbonyl (C=O) groups excluding carboxylic acids is 1. The van der Waals surface area contributed by atoms with Crippen molar-refractivity contribution in [1.29, 1.82) is 0 Å². The lowest BCUT2D eigenvalue weighted by Gasteiger charge is -2.38. The first-order chi connectivity index (χ1) is 55.0. The number of alkyl halides is 3. The Morgan fingerprint density at radius 1 is 0.410 bits per heavy atom. The molecular formula is C105H207F3N10O4. The van der Waals surface area contributed by atoms with Gasteiger partial charge in [-0.1, -0.05) is 243 Å². The molecule has 2 aliphatic carbocycles. The zero-order valence-electron chi connectivity index (χ0n) is 86.9. The van der Waals surface area contributed by atoms with Crippen LogP contribution in [-0.2, 0) is 32.1 Å². The van der Waals surface area contributed by atoms with Gasteiger partial charge in [0.1, 0.15) is 0 Å². The van der Waals surface area contributed by atoms with Gasteiger partial charge in [0.15, 0.2) is 0 Å². The van der Waals surface area contributed by atoms with Gasteiger partial charge in [-0.2, -0.15) is 23.4 Å². The van der Waals surface area contributed by atoms with Crippen LogP contribution in [0.1, 0.15) is 376 Å². The number of likely N-dealkylation sites (tertiary alicyclic amines) is 6. The maximum absolute atomic E-state index is 12.1. The lowest BCUT2D eigenvalue weighted by molar-refractivity contribution is -0.144. The molecule has 8 saturated heterocycles. The Labute approximate surface area is 755 Å². The maximum atomic E-state index is 12.1. The van der Waals surface area contributed by atoms with E-state index in [0.717, 1.165) is 112 Å². The van der Waals surface area contributed by atoms with Crippen molar-refractivity contribution in [1.82, 2.24) is 49.4 Å². The van der Waals surface area contributed by atoms with Gasteiger partial charge in [-0.3, -0.25) is 19.5 Å². The number of piperidine rings is 4. The van der Waals surface area contributed by atoms with Crippen molar-refractivity contribution in [3.8, 4) is 0 Å². The Morgan fingerprint density at radius 2 is 0.754 bits per heavy atom. The van der Waals surface area contributed by atoms with Gasteiger partial charge < -0.3 is 39.1 Å². The number of aliphatic hydroxyl groups excluding tert-OH is 1. The van der Waals surface area contributed by atoms with Gasteiger partial charge in [0.2, 0.25) is 5.91 Å². The van der Waals surface area contributed by atoms with Crippen LogP contribution >= 0.6 is 0 Å². The number of hydrogen-bond acceptors (Lipinski definition) is 11. The summed E-state index contributed by atoms with van der Waals surface area (Å²) in [5, 5.41) is 20.0. The first kappa shape index (κ1) is 117. The fourth-order valence-electron chi connectivity index (χ4n) is 17.9. The van der Waals surface area contributed by atoms with Crippen molar-refractivity contribution >= 4 is 5.91 Å². The molecule has 0 spiro atoms. The Morgan fingerprint density at radius 3 is 1.02 bits per heavy atom. The molecule has 0 radical (unpaired) electrons. The molecule has 2 unspecified atom stereocenters. The molecular weight excluding hydrogens is 1520 g/mol. The number of carbonyl (C=O) groups is 1. The highest BCUT2D eigenvalue weighted by Crippen LogP contribution is 2.43. The number of halogens is 3. The van der Waals surface area contributed by atoms with E-state index in [2.05, 4.69) is 291 Å². The van der Waals surface area contributed by atoms with E-state index < -0.39 is 12.7 Å². The predicted molar refractivity (Wildman–Crippen MR) is 520 cm³/mol. The molecule has 722 valence electrons. The van der Waals surface area contributed by atoms with Crippen molar-refractivity contribution in [2.75, 3.05) is 132 Å². The van der Waals surface area contributed by atoms with Crippen LogP contribution in [0, 0.1) is 102 Å². The summed E-state index contributed by atoms with van der Waals surface area (Å²) in [6.07, 6.45) is 26.7. The number of aromatic nitrogens is 4. The molecule has 2 N–H and O–H groups in total. The average molecular weight is 1730 g/mol. The molecule has 12 rings (SSSR count). The molecule has 2 atom stereocenters. The third-order valence-electron chi connectivity index (χ3n) is 28.9. The quantitative estimate of drug-likeness (QED) is 0.305. The van der Waals surface area contributed by atoms with Gasteiger partial charge in [0.05, 0.1) is 38.3 Å². The number of hydrogen-bond donors (Lipinski definition) is 2. The third-order valence-corrected chi connectivity index (χ3v) is 28.9. The van der Waals surface area contributed by atoms with Crippen LogP contribution in [0.2, 0.25) is 0 Å². The predicted octanol–water partition coefficient (Wildman–Crippen LogP) is 26.0. The number of nitrogens with zero attached hydrogens (tertiary/aromatic N) is 9. The van der Waals surface area contributed by atoms with E-state index >= 15 is 0 Å². The Hall–Kier alpha value is -2.64. The smallest absolute Gasteiger partial charge is 0.393 e. The summed E-state index contributed by atoms with van der Waals surface area (Å²) in [5.41, 5.74) is 7.05. The molecule has 2 saturated carbocycles. The second-order valence-corrected chi connectivity index (χ2v) is 50.5. The fraction of sp³-hybridized carbons (Fsp3) is 0.933. The van der Waals surface area contributed by atoms with Gasteiger partial charge >= 0.3 is 6.18 Å². The first-order valence-electron chi connectivity index (χ1n) is 48.7. The number of aromatic amines is 1. The van der Waals surface area contributed by atoms with Gasteiger partial charge in [0, 0.05) is 77.7 Å². The molecule has 10 heterocycles. The molecule has 8 aliphatic heterocycles. The largest absolute Gasteiger partial charge is 0.401 e. The van der Waals surface area contributed by atoms with E-state index in [0.29, 0.717) is 62.3 Å². The number of nitrogens with one attached hydrogen (secondary N) is 1. The average Bonchev–Trinajstić information content (AvgIpc) is 1.74. The van der Waals surface area contributed by atoms with Gasteiger partial charge in [-0.25, -0.2) is 0 Å². The number of rotatable bonds is 3. The molecule has 10 fully saturated rings. The van der Waals surface area contributed by atoms with Crippen LogP contribution in [0.4, 0.5) is 13.2 Å². The fourth-order valence-corrected chi connectivity index (χ4v) is 17.9. The van der Waals surface area contributed by atoms with Crippen molar-refractivity contribution in [2.24, 2.45) is 109 Å². The SMILES string of the molecule is C.CC(=O)N1CCC(C(C)(C)C)CC1.CC(C)(C)C1CCC(O)CC1.CC(C)(C)C1CCN(C2CC2)CC1.CC(C)(C)C1CCN(CC(F)(F)F)C1.CC(C)(C)C1CCOCC1.CC(C)(C)C1COC1.CC(C)(C)c1cn[nH]c1.CCN1CCC(C(C)(C)C)CC1.CN1CCC(C(C)(C)C)C1.CN1CCC(C(C)(C)C)CC1.Cn1cc(C(C)(C)C)cn1. The van der Waals surface area contributed by atoms with E-state index in [1.54, 1.807) is 6.92 Å². The summed E-state index contributed by atoms with van der Waals surface area (Å²) in [6, 6.07) is 0.987. The monoisotopic (exact) mass is 1730 g/mol. The summed E-state index contributed by atoms with van der Waals surface area (Å²) >= 11 is 0. The van der Waals surface area contributed by atoms with E-state index in [1.807, 2.05) is 35.2 Å². The number of H-pyrrole nitrogens is 1. The molecule has 2 aromatic rings. The number of aliphatic hydroxyl groups is 1. The minimum atomic E-state index is -4.05. The molecule has 122 heavy (non-hydrogen) atoms. The number of aryl methyl sites for hydroxylation is 1. The van der Waals surface area contributed by atoms with Crippen LogP contribution in [0.15, 0.2) is 24.8 Å². The minimum Gasteiger partial charge on any atom is -0.393 e. The molecule has 1 amide bonds. The standard InChI is InChI=1S/C12H23N.C11H21NO.C11H23N.C10H18F3N.C10H21N.C10H20O.C9H19N.C9H18O.C8H14N2.C7H12N2.C7H14O.CH4/c1-12(2,3)10-6-8-13(9-7-10)11-4-5-11;1-9(13)12-7-5-10(6-8-12)11(2,3)4;1-5-12-8-6-10(7-9-12)11(2,3)4;1-9(2,3)8-4-5-14(6-8)7-10(11,12)13;1-10(2,3)9-5-7-11(4)8-6-9;1-10(2,3)8-4-6-9(11)7-5-8;1-9(2,3)8-5-6-10(4)7-8;1-9(2,3)8-4-6-10-7-5-8;1-8(2,3)7-5-9-10(4)6-7;1-7(2,3)6-4-8-9-5-6;1-7(2,3)6-4-8-5-6;/h10-11H,4-9H2,1-3H3;10H,5-8H2,1-4H3;10H,5-9H2,1-4H3;8H,4-7H2,1-3H3;9H,5-8H2,1-4H3;8-9,11H,4-7H2,1-3H3;8H,5-7H2,1-4H3;8H,4-7H2,1-3H3;5-6H,1-4H3;4-5H,1-3H3,(H,8,9);6H,4-5H2,1-3H3;1H4. The van der Waals surface area contributed by atoms with Crippen LogP contribution in [0.3, 0.4) is 0 Å². The van der Waals surface area contributed by atoms with Crippen LogP contribution in [-0.4, -0.2) is 211 Å². The lowest BCUT2D eigenvalue weighted by atomic mass is 9.72. The highest BCUT2D eigenvalue weighted by molar-refractivity contribution is 5.73. The molecule has 10 aliphatic rings. The van der Waals surface area contributed by atoms with Crippen LogP contribution in [0.25, 0.3) is 0 Å². The molecule has 0 bridgehead atoms. The molecule has 17 heteroatoms. The summed E-state index contributed by atoms with van der Waals surface area (Å²) in [7, 11) is 6.37. The van der Waals surface area contributed by atoms with Crippen molar-refractivity contribution in [3.63, 3.8) is 0 Å². The van der Waals surface area contributed by atoms with E-state index in [-0.39, 0.29) is 35.7 Å². The second-order valence-electron chi connectivity index (χ2n) is 50.5. The first-order valence-corrected chi connectivity index (χ1v) is 48.7. The number of amides is 1. The Kier molecular flexibility index (Phi) is 49.9. The van der Waals surface area contributed by atoms with Gasteiger partial charge in [-0.15, -0.1) is 0 Å². The zero-order chi connectivity index (χ0) is 92.9. The Balaban J connectivity index is 0.000000672. The molecule has 0 aromatic carbocycles. The van der Waals surface area contributed by atoms with Gasteiger partial charge in [-0.05, 0) is 307 Å². The van der Waals surface area contributed by atoms with Crippen LogP contribution in [0.5, 0.6) is 0 Å². The highest BCUT2D eigenvalue weighted by Gasteiger charge is 2.40. The normalized spacial score (nSPS) is 23.2. The van der Waals surface area contributed by atoms with E-state index in [9.17, 15) is 23.1 Å². The minimum absolute atomic E-state index is 0. The summed E-state index contributed by atoms with van der Waals surface area (Å²) < 4.78 is 48.5. The topological polar surface area (TPSA) is 122 Å². The molecule has 2 aromatic heterocycles. The third kappa shape index (κ3) is 49.4. The molecule has 14 nitrogen and oxygen atoms in total. The maximum Gasteiger partial charge on any atom is 0.401 e. The Bertz CT molecular complexity index is 2930. The summed E-state index contributed by atoms with van der Waals surface area (Å²) in [4.78, 5) is 24.7. The van der Waals surface area contributed by atoms with Crippen molar-refractivity contribution in [2.45, 2.75) is 394 Å². The summed E-state index contributed by atoms with van der Waals surface area (Å²) in [6.45, 7) is 97.2. The van der Waals surface area contributed by atoms with Crippen LogP contribution < -0.4 is 0 Å². The lowest BCUT2D eigenvalue weighted by Crippen LogP contribution is -2.40. The van der Waals surface area contributed by atoms with Crippen molar-refractivity contribution < 1.29 is 32.5 Å². The number of ether oxygens (including phenoxy) is 2. The summed E-state index contributed by atoms with van der Waals surface area (Å²) in [5.74, 6) is 7.67. The van der Waals surface area contributed by atoms with Crippen molar-refractivity contribution in [3.05, 3.63) is 35.9 Å². The van der Waals surface area contributed by atoms with E-state index in [1.165, 1.54) is 171 Å². The van der Waals surface area contributed by atoms with Gasteiger partial charge in [0.25, 0.3) is 0 Å². The van der Waals surface area contributed by atoms with E-state index in [4.69, 9.17) is 9.47 Å². The second kappa shape index (κ2) is 51.8.